The first kappa shape index (κ1) is 18.4. The molecule has 0 aliphatic carbocycles. The van der Waals surface area contributed by atoms with Gasteiger partial charge in [-0.2, -0.15) is 0 Å². The molecule has 1 amide bonds. The number of carbonyl (C=O) groups excluding carboxylic acids is 1. The Kier molecular flexibility index (Phi) is 4.77. The zero-order valence-electron chi connectivity index (χ0n) is 14.8. The highest BCUT2D eigenvalue weighted by Crippen LogP contribution is 2.29. The highest BCUT2D eigenvalue weighted by atomic mass is 19.2. The predicted octanol–water partition coefficient (Wildman–Crippen LogP) is 3.92. The lowest BCUT2D eigenvalue weighted by Crippen LogP contribution is -2.37. The smallest absolute Gasteiger partial charge is 0.254 e. The largest absolute Gasteiger partial charge is 0.394 e. The van der Waals surface area contributed by atoms with Crippen molar-refractivity contribution in [3.63, 3.8) is 0 Å². The van der Waals surface area contributed by atoms with Crippen LogP contribution >= 0.6 is 0 Å². The number of carbonyl (C=O) groups is 1. The maximum atomic E-state index is 13.8. The molecule has 0 unspecified atom stereocenters. The van der Waals surface area contributed by atoms with Crippen LogP contribution in [0.15, 0.2) is 42.5 Å². The molecular formula is C21H17F3N2O2. The maximum absolute atomic E-state index is 13.8. The molecule has 2 aromatic carbocycles. The van der Waals surface area contributed by atoms with Crippen molar-refractivity contribution < 1.29 is 23.1 Å². The number of amides is 1. The monoisotopic (exact) mass is 386 g/mol. The number of rotatable bonds is 3. The van der Waals surface area contributed by atoms with Crippen molar-refractivity contribution >= 4 is 16.8 Å². The first-order valence-electron chi connectivity index (χ1n) is 8.95. The zero-order valence-corrected chi connectivity index (χ0v) is 14.8. The van der Waals surface area contributed by atoms with Crippen LogP contribution in [0.4, 0.5) is 13.2 Å². The highest BCUT2D eigenvalue weighted by molar-refractivity contribution is 6.07. The van der Waals surface area contributed by atoms with E-state index in [0.29, 0.717) is 29.4 Å². The molecule has 3 aromatic rings. The molecule has 1 saturated heterocycles. The third kappa shape index (κ3) is 3.22. The summed E-state index contributed by atoms with van der Waals surface area (Å²) in [5.41, 5.74) is 1.16. The zero-order chi connectivity index (χ0) is 19.8. The minimum absolute atomic E-state index is 0.154. The van der Waals surface area contributed by atoms with Gasteiger partial charge < -0.3 is 10.0 Å². The Morgan fingerprint density at radius 3 is 2.68 bits per heavy atom. The van der Waals surface area contributed by atoms with Crippen LogP contribution < -0.4 is 0 Å². The summed E-state index contributed by atoms with van der Waals surface area (Å²) in [4.78, 5) is 19.1. The van der Waals surface area contributed by atoms with E-state index in [9.17, 15) is 23.1 Å². The van der Waals surface area contributed by atoms with E-state index in [1.54, 1.807) is 4.90 Å². The van der Waals surface area contributed by atoms with Crippen LogP contribution in [0, 0.1) is 17.5 Å². The van der Waals surface area contributed by atoms with Crippen molar-refractivity contribution in [3.8, 4) is 11.3 Å². The topological polar surface area (TPSA) is 53.4 Å². The van der Waals surface area contributed by atoms with Gasteiger partial charge in [-0.25, -0.2) is 18.2 Å². The molecule has 7 heteroatoms. The van der Waals surface area contributed by atoms with Gasteiger partial charge in [0.05, 0.1) is 29.4 Å². The fraction of sp³-hybridized carbons (Fsp3) is 0.238. The molecule has 4 rings (SSSR count). The lowest BCUT2D eigenvalue weighted by Gasteiger charge is -2.24. The quantitative estimate of drug-likeness (QED) is 0.743. The number of benzene rings is 2. The first-order chi connectivity index (χ1) is 13.5. The first-order valence-corrected chi connectivity index (χ1v) is 8.95. The molecule has 2 heterocycles. The summed E-state index contributed by atoms with van der Waals surface area (Å²) in [7, 11) is 0. The van der Waals surface area contributed by atoms with Crippen molar-refractivity contribution in [3.05, 3.63) is 65.5 Å². The van der Waals surface area contributed by atoms with Gasteiger partial charge in [-0.1, -0.05) is 0 Å². The van der Waals surface area contributed by atoms with Gasteiger partial charge >= 0.3 is 0 Å². The van der Waals surface area contributed by atoms with Gasteiger partial charge in [-0.3, -0.25) is 4.79 Å². The Hall–Kier alpha value is -2.93. The van der Waals surface area contributed by atoms with E-state index in [-0.39, 0.29) is 29.8 Å². The van der Waals surface area contributed by atoms with Crippen molar-refractivity contribution in [2.45, 2.75) is 18.9 Å². The van der Waals surface area contributed by atoms with Gasteiger partial charge in [0.25, 0.3) is 5.91 Å². The van der Waals surface area contributed by atoms with Crippen molar-refractivity contribution in [1.29, 1.82) is 0 Å². The predicted molar refractivity (Wildman–Crippen MR) is 98.2 cm³/mol. The Bertz CT molecular complexity index is 1070. The van der Waals surface area contributed by atoms with Crippen LogP contribution in [0.2, 0.25) is 0 Å². The Morgan fingerprint density at radius 2 is 1.93 bits per heavy atom. The van der Waals surface area contributed by atoms with Crippen LogP contribution in [-0.2, 0) is 0 Å². The minimum Gasteiger partial charge on any atom is -0.394 e. The maximum Gasteiger partial charge on any atom is 0.254 e. The summed E-state index contributed by atoms with van der Waals surface area (Å²) >= 11 is 0. The van der Waals surface area contributed by atoms with Gasteiger partial charge in [0.2, 0.25) is 0 Å². The van der Waals surface area contributed by atoms with Gasteiger partial charge in [-0.15, -0.1) is 0 Å². The van der Waals surface area contributed by atoms with Crippen LogP contribution in [0.25, 0.3) is 22.2 Å². The average Bonchev–Trinajstić information content (AvgIpc) is 3.17. The number of halogens is 3. The number of aliphatic hydroxyl groups is 1. The third-order valence-electron chi connectivity index (χ3n) is 5.07. The van der Waals surface area contributed by atoms with Crippen LogP contribution in [0.5, 0.6) is 0 Å². The van der Waals surface area contributed by atoms with Gasteiger partial charge in [-0.05, 0) is 55.3 Å². The number of nitrogens with zero attached hydrogens (tertiary/aromatic N) is 2. The summed E-state index contributed by atoms with van der Waals surface area (Å²) in [6.07, 6.45) is 1.46. The molecule has 1 aliphatic heterocycles. The van der Waals surface area contributed by atoms with E-state index in [2.05, 4.69) is 4.98 Å². The summed E-state index contributed by atoms with van der Waals surface area (Å²) in [5.74, 6) is -2.86. The van der Waals surface area contributed by atoms with Crippen LogP contribution in [0.3, 0.4) is 0 Å². The summed E-state index contributed by atoms with van der Waals surface area (Å²) in [6, 6.07) is 8.44. The van der Waals surface area contributed by atoms with E-state index in [0.717, 1.165) is 18.6 Å². The molecule has 0 bridgehead atoms. The number of hydrogen-bond donors (Lipinski definition) is 1. The van der Waals surface area contributed by atoms with Crippen LogP contribution in [0.1, 0.15) is 23.2 Å². The molecule has 1 aromatic heterocycles. The number of aromatic nitrogens is 1. The lowest BCUT2D eigenvalue weighted by molar-refractivity contribution is 0.0679. The number of aliphatic hydroxyl groups excluding tert-OH is 1. The fourth-order valence-corrected chi connectivity index (χ4v) is 3.63. The summed E-state index contributed by atoms with van der Waals surface area (Å²) < 4.78 is 40.8. The van der Waals surface area contributed by atoms with Crippen molar-refractivity contribution in [2.75, 3.05) is 13.2 Å². The second-order valence-corrected chi connectivity index (χ2v) is 6.82. The number of pyridine rings is 1. The van der Waals surface area contributed by atoms with Gasteiger partial charge in [0, 0.05) is 17.5 Å². The molecule has 1 aliphatic rings. The molecule has 0 radical (unpaired) electrons. The van der Waals surface area contributed by atoms with E-state index < -0.39 is 17.5 Å². The van der Waals surface area contributed by atoms with E-state index >= 15 is 0 Å². The third-order valence-corrected chi connectivity index (χ3v) is 5.07. The Balaban J connectivity index is 1.89. The molecule has 1 fully saturated rings. The second kappa shape index (κ2) is 7.24. The number of likely N-dealkylation sites (tertiary alicyclic amines) is 1. The molecular weight excluding hydrogens is 369 g/mol. The van der Waals surface area contributed by atoms with Crippen molar-refractivity contribution in [1.82, 2.24) is 9.88 Å². The highest BCUT2D eigenvalue weighted by Gasteiger charge is 2.30. The minimum atomic E-state index is -1.02. The van der Waals surface area contributed by atoms with E-state index in [1.807, 2.05) is 0 Å². The Morgan fingerprint density at radius 1 is 1.11 bits per heavy atom. The summed E-state index contributed by atoms with van der Waals surface area (Å²) in [6.45, 7) is 0.336. The average molecular weight is 386 g/mol. The van der Waals surface area contributed by atoms with Gasteiger partial charge in [0.1, 0.15) is 5.82 Å². The van der Waals surface area contributed by atoms with Gasteiger partial charge in [0.15, 0.2) is 11.6 Å². The normalized spacial score (nSPS) is 16.7. The number of hydrogen-bond acceptors (Lipinski definition) is 3. The van der Waals surface area contributed by atoms with E-state index in [4.69, 9.17) is 0 Å². The van der Waals surface area contributed by atoms with Crippen molar-refractivity contribution in [2.24, 2.45) is 0 Å². The molecule has 4 nitrogen and oxygen atoms in total. The van der Waals surface area contributed by atoms with Crippen LogP contribution in [-0.4, -0.2) is 40.1 Å². The van der Waals surface area contributed by atoms with E-state index in [1.165, 1.54) is 30.3 Å². The standard InChI is InChI=1S/C21H17F3N2O2/c22-13-4-6-19-15(9-13)16(21(28)26-7-1-2-14(26)11-27)10-20(25-19)12-3-5-17(23)18(24)8-12/h3-6,8-10,14,27H,1-2,7,11H2/t14-/m0/s1. The molecule has 28 heavy (non-hydrogen) atoms. The molecule has 144 valence electrons. The SMILES string of the molecule is O=C(c1cc(-c2ccc(F)c(F)c2)nc2ccc(F)cc12)N1CCC[C@H]1CO. The number of fused-ring (bicyclic) bond motifs is 1. The second-order valence-electron chi connectivity index (χ2n) is 6.82. The Labute approximate surface area is 159 Å². The summed E-state index contributed by atoms with van der Waals surface area (Å²) in [5, 5.41) is 9.87. The fourth-order valence-electron chi connectivity index (χ4n) is 3.63. The lowest BCUT2D eigenvalue weighted by atomic mass is 10.0. The molecule has 1 N–H and O–H groups in total. The molecule has 0 spiro atoms. The molecule has 1 atom stereocenters. The molecule has 0 saturated carbocycles.